The monoisotopic (exact) mass is 160 g/mol. The highest BCUT2D eigenvalue weighted by Gasteiger charge is 2.13. The van der Waals surface area contributed by atoms with Gasteiger partial charge in [-0.1, -0.05) is 6.08 Å². The van der Waals surface area contributed by atoms with Crippen molar-refractivity contribution in [3.8, 4) is 0 Å². The van der Waals surface area contributed by atoms with Crippen LogP contribution in [0.15, 0.2) is 35.2 Å². The topological polar surface area (TPSA) is 14.1 Å². The van der Waals surface area contributed by atoms with Crippen LogP contribution in [0.5, 0.6) is 0 Å². The normalized spacial score (nSPS) is 22.6. The number of rotatable bonds is 1. The minimum absolute atomic E-state index is 1.22. The fraction of sp³-hybridized carbons (Fsp3) is 0.455. The summed E-state index contributed by atoms with van der Waals surface area (Å²) in [6, 6.07) is 0. The van der Waals surface area contributed by atoms with Crippen LogP contribution < -0.4 is 5.32 Å². The van der Waals surface area contributed by atoms with Gasteiger partial charge in [-0.05, 0) is 49.8 Å². The fourth-order valence-electron chi connectivity index (χ4n) is 1.79. The molecule has 1 heteroatoms. The molecule has 2 rings (SSSR count). The summed E-state index contributed by atoms with van der Waals surface area (Å²) < 4.78 is 0. The van der Waals surface area contributed by atoms with E-state index in [1.54, 1.807) is 0 Å². The van der Waals surface area contributed by atoms with Crippen molar-refractivity contribution in [2.45, 2.75) is 32.6 Å². The lowest BCUT2D eigenvalue weighted by Crippen LogP contribution is -2.01. The third-order valence-electron chi connectivity index (χ3n) is 2.50. The second-order valence-corrected chi connectivity index (χ2v) is 3.45. The summed E-state index contributed by atoms with van der Waals surface area (Å²) in [6.45, 7) is 2.14. The Morgan fingerprint density at radius 2 is 2.25 bits per heavy atom. The molecule has 0 aromatic rings. The molecule has 12 heavy (non-hydrogen) atoms. The van der Waals surface area contributed by atoms with Gasteiger partial charge in [0, 0.05) is 6.20 Å². The predicted octanol–water partition coefficient (Wildman–Crippen LogP) is 2.89. The van der Waals surface area contributed by atoms with Crippen molar-refractivity contribution in [3.05, 3.63) is 35.2 Å². The minimum Gasteiger partial charge on any atom is -0.256 e. The maximum atomic E-state index is 4.37. The van der Waals surface area contributed by atoms with Crippen molar-refractivity contribution in [2.75, 3.05) is 0 Å². The summed E-state index contributed by atoms with van der Waals surface area (Å²) >= 11 is 0. The summed E-state index contributed by atoms with van der Waals surface area (Å²) in [5.74, 6) is 0. The number of hydrogen-bond donors (Lipinski definition) is 0. The molecule has 0 saturated heterocycles. The van der Waals surface area contributed by atoms with Crippen LogP contribution in [0.25, 0.3) is 0 Å². The van der Waals surface area contributed by atoms with E-state index in [0.29, 0.717) is 0 Å². The van der Waals surface area contributed by atoms with Gasteiger partial charge >= 0.3 is 0 Å². The molecule has 2 aliphatic rings. The van der Waals surface area contributed by atoms with Crippen molar-refractivity contribution in [1.82, 2.24) is 5.32 Å². The van der Waals surface area contributed by atoms with E-state index in [1.807, 2.05) is 6.20 Å². The summed E-state index contributed by atoms with van der Waals surface area (Å²) in [5, 5.41) is 4.37. The van der Waals surface area contributed by atoms with Crippen LogP contribution in [0, 0.1) is 0 Å². The Balaban J connectivity index is 2.19. The molecular weight excluding hydrogens is 146 g/mol. The minimum atomic E-state index is 1.22. The Labute approximate surface area is 73.9 Å². The van der Waals surface area contributed by atoms with E-state index in [0.717, 1.165) is 0 Å². The molecule has 0 aromatic carbocycles. The number of allylic oxidation sites excluding steroid dienone is 4. The second kappa shape index (κ2) is 3.18. The lowest BCUT2D eigenvalue weighted by atomic mass is 9.96. The van der Waals surface area contributed by atoms with E-state index in [4.69, 9.17) is 0 Å². The molecule has 1 aliphatic carbocycles. The Morgan fingerprint density at radius 1 is 1.33 bits per heavy atom. The van der Waals surface area contributed by atoms with Gasteiger partial charge in [0.05, 0.1) is 5.70 Å². The van der Waals surface area contributed by atoms with Gasteiger partial charge in [0.2, 0.25) is 0 Å². The zero-order chi connectivity index (χ0) is 8.39. The molecule has 63 valence electrons. The Morgan fingerprint density at radius 3 is 2.83 bits per heavy atom. The Bertz CT molecular complexity index is 269. The van der Waals surface area contributed by atoms with E-state index >= 15 is 0 Å². The van der Waals surface area contributed by atoms with Crippen LogP contribution in [0.3, 0.4) is 0 Å². The summed E-state index contributed by atoms with van der Waals surface area (Å²) in [7, 11) is 0. The van der Waals surface area contributed by atoms with E-state index in [9.17, 15) is 0 Å². The van der Waals surface area contributed by atoms with Gasteiger partial charge in [-0.25, -0.2) is 0 Å². The van der Waals surface area contributed by atoms with Crippen LogP contribution in [0.2, 0.25) is 0 Å². The van der Waals surface area contributed by atoms with Crippen molar-refractivity contribution in [1.29, 1.82) is 0 Å². The van der Waals surface area contributed by atoms with Crippen molar-refractivity contribution in [3.63, 3.8) is 0 Å². The van der Waals surface area contributed by atoms with E-state index in [-0.39, 0.29) is 0 Å². The molecule has 1 aliphatic heterocycles. The van der Waals surface area contributed by atoms with E-state index in [2.05, 4.69) is 24.4 Å². The summed E-state index contributed by atoms with van der Waals surface area (Å²) in [6.07, 6.45) is 11.5. The zero-order valence-electron chi connectivity index (χ0n) is 7.51. The predicted molar refractivity (Wildman–Crippen MR) is 50.5 cm³/mol. The summed E-state index contributed by atoms with van der Waals surface area (Å²) in [5.41, 5.74) is 4.02. The van der Waals surface area contributed by atoms with Crippen molar-refractivity contribution in [2.24, 2.45) is 0 Å². The number of nitrogens with zero attached hydrogens (tertiary/aromatic N) is 1. The number of hydrogen-bond acceptors (Lipinski definition) is 0. The van der Waals surface area contributed by atoms with E-state index < -0.39 is 0 Å². The lowest BCUT2D eigenvalue weighted by Gasteiger charge is -2.13. The first-order chi connectivity index (χ1) is 5.88. The van der Waals surface area contributed by atoms with Crippen molar-refractivity contribution >= 4 is 0 Å². The molecule has 0 N–H and O–H groups in total. The van der Waals surface area contributed by atoms with Gasteiger partial charge in [-0.2, -0.15) is 0 Å². The maximum absolute atomic E-state index is 4.37. The molecular formula is C11H14N. The molecule has 0 atom stereocenters. The highest BCUT2D eigenvalue weighted by molar-refractivity contribution is 5.42. The maximum Gasteiger partial charge on any atom is 0.0688 e. The van der Waals surface area contributed by atoms with Crippen LogP contribution in [0.4, 0.5) is 0 Å². The Hall–Kier alpha value is -0.980. The highest BCUT2D eigenvalue weighted by Crippen LogP contribution is 2.27. The van der Waals surface area contributed by atoms with Crippen LogP contribution in [-0.4, -0.2) is 0 Å². The SMILES string of the molecule is CC1=C(C2=CCCCC2)[N]C=C1. The second-order valence-electron chi connectivity index (χ2n) is 3.45. The van der Waals surface area contributed by atoms with Gasteiger partial charge in [-0.3, -0.25) is 5.32 Å². The first-order valence-corrected chi connectivity index (χ1v) is 4.65. The molecule has 0 unspecified atom stereocenters. The fourth-order valence-corrected chi connectivity index (χ4v) is 1.79. The van der Waals surface area contributed by atoms with Crippen LogP contribution in [-0.2, 0) is 0 Å². The Kier molecular flexibility index (Phi) is 2.03. The molecule has 1 heterocycles. The highest BCUT2D eigenvalue weighted by atomic mass is 14.9. The van der Waals surface area contributed by atoms with Crippen molar-refractivity contribution < 1.29 is 0 Å². The zero-order valence-corrected chi connectivity index (χ0v) is 7.51. The first kappa shape index (κ1) is 7.66. The molecule has 0 spiro atoms. The average Bonchev–Trinajstić information content (AvgIpc) is 2.53. The van der Waals surface area contributed by atoms with E-state index in [1.165, 1.54) is 42.5 Å². The molecule has 0 amide bonds. The first-order valence-electron chi connectivity index (χ1n) is 4.65. The quantitative estimate of drug-likeness (QED) is 0.560. The summed E-state index contributed by atoms with van der Waals surface area (Å²) in [4.78, 5) is 0. The van der Waals surface area contributed by atoms with Gasteiger partial charge in [-0.15, -0.1) is 0 Å². The smallest absolute Gasteiger partial charge is 0.0688 e. The molecule has 0 aromatic heterocycles. The van der Waals surface area contributed by atoms with Gasteiger partial charge < -0.3 is 0 Å². The average molecular weight is 160 g/mol. The van der Waals surface area contributed by atoms with Crippen LogP contribution >= 0.6 is 0 Å². The third-order valence-corrected chi connectivity index (χ3v) is 2.50. The van der Waals surface area contributed by atoms with Crippen LogP contribution in [0.1, 0.15) is 32.6 Å². The molecule has 0 fully saturated rings. The molecule has 1 radical (unpaired) electrons. The largest absolute Gasteiger partial charge is 0.256 e. The third kappa shape index (κ3) is 1.31. The van der Waals surface area contributed by atoms with Gasteiger partial charge in [0.25, 0.3) is 0 Å². The molecule has 0 bridgehead atoms. The standard InChI is InChI=1S/C11H14N/c1-9-7-8-12-11(9)10-5-3-2-4-6-10/h5,7-8H,2-4,6H2,1H3. The lowest BCUT2D eigenvalue weighted by molar-refractivity contribution is 0.698. The molecule has 1 nitrogen and oxygen atoms in total. The molecule has 0 saturated carbocycles. The van der Waals surface area contributed by atoms with Gasteiger partial charge in [0.1, 0.15) is 0 Å². The van der Waals surface area contributed by atoms with Gasteiger partial charge in [0.15, 0.2) is 0 Å².